The molecule has 118 valence electrons. The summed E-state index contributed by atoms with van der Waals surface area (Å²) in [4.78, 5) is 14.0. The number of likely N-dealkylation sites (tertiary alicyclic amines) is 1. The fourth-order valence-corrected chi connectivity index (χ4v) is 2.98. The molecule has 0 spiro atoms. The van der Waals surface area contributed by atoms with Crippen LogP contribution in [0.15, 0.2) is 18.2 Å². The second kappa shape index (κ2) is 6.02. The van der Waals surface area contributed by atoms with Crippen molar-refractivity contribution in [1.29, 1.82) is 0 Å². The first kappa shape index (κ1) is 14.9. The van der Waals surface area contributed by atoms with E-state index in [-0.39, 0.29) is 5.97 Å². The molecule has 1 aliphatic heterocycles. The van der Waals surface area contributed by atoms with Gasteiger partial charge in [0.15, 0.2) is 0 Å². The Morgan fingerprint density at radius 1 is 1.50 bits per heavy atom. The van der Waals surface area contributed by atoms with Crippen LogP contribution < -0.4 is 0 Å². The zero-order valence-electron chi connectivity index (χ0n) is 12.8. The second-order valence-electron chi connectivity index (χ2n) is 5.72. The summed E-state index contributed by atoms with van der Waals surface area (Å²) in [5.41, 5.74) is 2.88. The maximum atomic E-state index is 11.9. The topological polar surface area (TPSA) is 80.5 Å². The van der Waals surface area contributed by atoms with Crippen molar-refractivity contribution in [1.82, 2.24) is 19.9 Å². The lowest BCUT2D eigenvalue weighted by molar-refractivity contribution is -0.150. The lowest BCUT2D eigenvalue weighted by Gasteiger charge is -2.36. The molecule has 0 saturated carbocycles. The van der Waals surface area contributed by atoms with Crippen LogP contribution in [0.4, 0.5) is 0 Å². The van der Waals surface area contributed by atoms with Crippen LogP contribution in [0.25, 0.3) is 11.0 Å². The molecule has 1 aromatic heterocycles. The molecular formula is C15H20N4O3. The summed E-state index contributed by atoms with van der Waals surface area (Å²) in [5.74, 6) is -0.292. The van der Waals surface area contributed by atoms with Crippen molar-refractivity contribution in [2.45, 2.75) is 31.5 Å². The van der Waals surface area contributed by atoms with Gasteiger partial charge in [0, 0.05) is 20.1 Å². The Morgan fingerprint density at radius 2 is 2.32 bits per heavy atom. The SMILES string of the molecule is COC(=O)[C@@H]1C[C@H](O)CCN1Cc1ccc2c(c1)nnn2C. The van der Waals surface area contributed by atoms with Gasteiger partial charge in [-0.2, -0.15) is 0 Å². The lowest BCUT2D eigenvalue weighted by atomic mass is 9.98. The van der Waals surface area contributed by atoms with Gasteiger partial charge in [-0.05, 0) is 30.5 Å². The first-order valence-corrected chi connectivity index (χ1v) is 7.36. The fourth-order valence-electron chi connectivity index (χ4n) is 2.98. The molecular weight excluding hydrogens is 284 g/mol. The molecule has 1 aromatic carbocycles. The molecule has 0 aliphatic carbocycles. The van der Waals surface area contributed by atoms with E-state index in [0.717, 1.165) is 16.6 Å². The minimum atomic E-state index is -0.442. The molecule has 2 atom stereocenters. The maximum Gasteiger partial charge on any atom is 0.323 e. The average Bonchev–Trinajstić information content (AvgIpc) is 2.89. The summed E-state index contributed by atoms with van der Waals surface area (Å²) in [6, 6.07) is 5.59. The number of carbonyl (C=O) groups is 1. The van der Waals surface area contributed by atoms with Crippen molar-refractivity contribution in [2.24, 2.45) is 7.05 Å². The number of methoxy groups -OCH3 is 1. The van der Waals surface area contributed by atoms with Crippen molar-refractivity contribution in [3.8, 4) is 0 Å². The van der Waals surface area contributed by atoms with Gasteiger partial charge >= 0.3 is 5.97 Å². The van der Waals surface area contributed by atoms with Crippen molar-refractivity contribution < 1.29 is 14.6 Å². The van der Waals surface area contributed by atoms with Gasteiger partial charge < -0.3 is 9.84 Å². The zero-order chi connectivity index (χ0) is 15.7. The predicted molar refractivity (Wildman–Crippen MR) is 80.0 cm³/mol. The summed E-state index contributed by atoms with van der Waals surface area (Å²) >= 11 is 0. The molecule has 0 radical (unpaired) electrons. The summed E-state index contributed by atoms with van der Waals surface area (Å²) in [5, 5.41) is 17.9. The Bertz CT molecular complexity index is 684. The Balaban J connectivity index is 1.80. The summed E-state index contributed by atoms with van der Waals surface area (Å²) in [7, 11) is 3.24. The predicted octanol–water partition coefficient (Wildman–Crippen LogP) is 0.467. The molecule has 7 nitrogen and oxygen atoms in total. The van der Waals surface area contributed by atoms with Gasteiger partial charge in [-0.1, -0.05) is 11.3 Å². The van der Waals surface area contributed by atoms with Gasteiger partial charge in [0.1, 0.15) is 11.6 Å². The van der Waals surface area contributed by atoms with Gasteiger partial charge in [0.25, 0.3) is 0 Å². The van der Waals surface area contributed by atoms with Gasteiger partial charge in [0.2, 0.25) is 0 Å². The quantitative estimate of drug-likeness (QED) is 0.830. The van der Waals surface area contributed by atoms with Crippen LogP contribution >= 0.6 is 0 Å². The normalized spacial score (nSPS) is 22.9. The number of nitrogens with zero attached hydrogens (tertiary/aromatic N) is 4. The monoisotopic (exact) mass is 304 g/mol. The summed E-state index contributed by atoms with van der Waals surface area (Å²) in [6.07, 6.45) is 0.642. The van der Waals surface area contributed by atoms with E-state index in [1.165, 1.54) is 7.11 Å². The van der Waals surface area contributed by atoms with Crippen molar-refractivity contribution in [2.75, 3.05) is 13.7 Å². The highest BCUT2D eigenvalue weighted by Gasteiger charge is 2.33. The number of benzene rings is 1. The first-order chi connectivity index (χ1) is 10.6. The van der Waals surface area contributed by atoms with E-state index in [1.807, 2.05) is 25.2 Å². The number of fused-ring (bicyclic) bond motifs is 1. The first-order valence-electron chi connectivity index (χ1n) is 7.36. The highest BCUT2D eigenvalue weighted by Crippen LogP contribution is 2.22. The molecule has 2 aromatic rings. The highest BCUT2D eigenvalue weighted by atomic mass is 16.5. The number of hydrogen-bond acceptors (Lipinski definition) is 6. The minimum Gasteiger partial charge on any atom is -0.468 e. The van der Waals surface area contributed by atoms with E-state index >= 15 is 0 Å². The number of hydrogen-bond donors (Lipinski definition) is 1. The Morgan fingerprint density at radius 3 is 3.09 bits per heavy atom. The van der Waals surface area contributed by atoms with E-state index in [4.69, 9.17) is 4.74 Å². The number of aryl methyl sites for hydroxylation is 1. The molecule has 0 unspecified atom stereocenters. The Kier molecular flexibility index (Phi) is 4.08. The Labute approximate surface area is 128 Å². The van der Waals surface area contributed by atoms with Gasteiger partial charge in [-0.25, -0.2) is 4.68 Å². The van der Waals surface area contributed by atoms with Gasteiger partial charge in [-0.3, -0.25) is 9.69 Å². The molecule has 2 heterocycles. The standard InChI is InChI=1S/C15H20N4O3/c1-18-13-4-3-10(7-12(13)16-17-18)9-19-6-5-11(20)8-14(19)15(21)22-2/h3-4,7,11,14,20H,5-6,8-9H2,1-2H3/t11-,14+/m1/s1. The molecule has 22 heavy (non-hydrogen) atoms. The van der Waals surface area contributed by atoms with Gasteiger partial charge in [0.05, 0.1) is 18.7 Å². The largest absolute Gasteiger partial charge is 0.468 e. The number of rotatable bonds is 3. The number of carbonyl (C=O) groups excluding carboxylic acids is 1. The van der Waals surface area contributed by atoms with E-state index < -0.39 is 12.1 Å². The summed E-state index contributed by atoms with van der Waals surface area (Å²) < 4.78 is 6.59. The number of ether oxygens (including phenoxy) is 1. The smallest absolute Gasteiger partial charge is 0.323 e. The van der Waals surface area contributed by atoms with Crippen molar-refractivity contribution >= 4 is 17.0 Å². The molecule has 1 saturated heterocycles. The van der Waals surface area contributed by atoms with Crippen LogP contribution in [0.2, 0.25) is 0 Å². The molecule has 0 bridgehead atoms. The summed E-state index contributed by atoms with van der Waals surface area (Å²) in [6.45, 7) is 1.29. The van der Waals surface area contributed by atoms with Crippen LogP contribution in [0.1, 0.15) is 18.4 Å². The van der Waals surface area contributed by atoms with Crippen LogP contribution in [-0.2, 0) is 23.1 Å². The molecule has 1 fully saturated rings. The minimum absolute atomic E-state index is 0.292. The fraction of sp³-hybridized carbons (Fsp3) is 0.533. The third kappa shape index (κ3) is 2.82. The Hall–Kier alpha value is -1.99. The molecule has 7 heteroatoms. The van der Waals surface area contributed by atoms with Crippen molar-refractivity contribution in [3.63, 3.8) is 0 Å². The van der Waals surface area contributed by atoms with Crippen LogP contribution in [0.5, 0.6) is 0 Å². The zero-order valence-corrected chi connectivity index (χ0v) is 12.8. The number of piperidine rings is 1. The van der Waals surface area contributed by atoms with E-state index in [1.54, 1.807) is 4.68 Å². The lowest BCUT2D eigenvalue weighted by Crippen LogP contribution is -2.48. The number of aliphatic hydroxyl groups excluding tert-OH is 1. The molecule has 3 rings (SSSR count). The third-order valence-electron chi connectivity index (χ3n) is 4.22. The van der Waals surface area contributed by atoms with Crippen molar-refractivity contribution in [3.05, 3.63) is 23.8 Å². The van der Waals surface area contributed by atoms with Gasteiger partial charge in [-0.15, -0.1) is 5.10 Å². The molecule has 1 N–H and O–H groups in total. The number of aliphatic hydroxyl groups is 1. The van der Waals surface area contributed by atoms with Crippen LogP contribution in [-0.4, -0.2) is 56.8 Å². The number of aromatic nitrogens is 3. The highest BCUT2D eigenvalue weighted by molar-refractivity contribution is 5.76. The third-order valence-corrected chi connectivity index (χ3v) is 4.22. The average molecular weight is 304 g/mol. The van der Waals surface area contributed by atoms with E-state index in [0.29, 0.717) is 25.9 Å². The van der Waals surface area contributed by atoms with Crippen LogP contribution in [0, 0.1) is 0 Å². The van der Waals surface area contributed by atoms with E-state index in [9.17, 15) is 9.90 Å². The van der Waals surface area contributed by atoms with Crippen LogP contribution in [0.3, 0.4) is 0 Å². The van der Waals surface area contributed by atoms with E-state index in [2.05, 4.69) is 15.2 Å². The molecule has 1 aliphatic rings. The maximum absolute atomic E-state index is 11.9. The second-order valence-corrected chi connectivity index (χ2v) is 5.72. The molecule has 0 amide bonds. The number of esters is 1.